The first-order valence-corrected chi connectivity index (χ1v) is 7.29. The normalized spacial score (nSPS) is 23.4. The zero-order valence-electron chi connectivity index (χ0n) is 10.4. The largest absolute Gasteiger partial charge is 0.481 e. The van der Waals surface area contributed by atoms with Gasteiger partial charge in [-0.15, -0.1) is 11.3 Å². The standard InChI is InChI=1S/C13H15N3O2S/c17-13(18)8-1-3-9(4-2-8)16-11-10-5-6-19-12(10)15-7-14-11/h5-9H,1-4H2,(H,17,18)(H,14,15,16). The van der Waals surface area contributed by atoms with E-state index in [2.05, 4.69) is 15.3 Å². The highest BCUT2D eigenvalue weighted by Gasteiger charge is 2.26. The van der Waals surface area contributed by atoms with Crippen molar-refractivity contribution in [2.45, 2.75) is 31.7 Å². The maximum absolute atomic E-state index is 10.9. The quantitative estimate of drug-likeness (QED) is 0.902. The summed E-state index contributed by atoms with van der Waals surface area (Å²) < 4.78 is 0. The van der Waals surface area contributed by atoms with Gasteiger partial charge in [0.05, 0.1) is 11.3 Å². The molecule has 0 aliphatic heterocycles. The fourth-order valence-electron chi connectivity index (χ4n) is 2.58. The average Bonchev–Trinajstić information content (AvgIpc) is 2.89. The molecule has 100 valence electrons. The maximum atomic E-state index is 10.9. The fourth-order valence-corrected chi connectivity index (χ4v) is 3.32. The molecule has 2 heterocycles. The first-order valence-electron chi connectivity index (χ1n) is 6.41. The summed E-state index contributed by atoms with van der Waals surface area (Å²) in [5.41, 5.74) is 0. The summed E-state index contributed by atoms with van der Waals surface area (Å²) in [4.78, 5) is 20.4. The van der Waals surface area contributed by atoms with Gasteiger partial charge in [-0.05, 0) is 37.1 Å². The molecule has 0 unspecified atom stereocenters. The Kier molecular flexibility index (Phi) is 3.33. The third-order valence-electron chi connectivity index (χ3n) is 3.68. The first kappa shape index (κ1) is 12.3. The van der Waals surface area contributed by atoms with Crippen LogP contribution in [-0.4, -0.2) is 27.1 Å². The summed E-state index contributed by atoms with van der Waals surface area (Å²) in [7, 11) is 0. The number of carboxylic acid groups (broad SMARTS) is 1. The third-order valence-corrected chi connectivity index (χ3v) is 4.50. The van der Waals surface area contributed by atoms with Crippen LogP contribution in [0.25, 0.3) is 10.2 Å². The van der Waals surface area contributed by atoms with Crippen LogP contribution in [0.2, 0.25) is 0 Å². The first-order chi connectivity index (χ1) is 9.24. The second-order valence-electron chi connectivity index (χ2n) is 4.89. The van der Waals surface area contributed by atoms with Crippen LogP contribution in [0.1, 0.15) is 25.7 Å². The lowest BCUT2D eigenvalue weighted by molar-refractivity contribution is -0.142. The van der Waals surface area contributed by atoms with Crippen molar-refractivity contribution < 1.29 is 9.90 Å². The minimum absolute atomic E-state index is 0.176. The molecule has 1 aliphatic rings. The molecule has 1 fully saturated rings. The smallest absolute Gasteiger partial charge is 0.306 e. The summed E-state index contributed by atoms with van der Waals surface area (Å²) in [5, 5.41) is 15.5. The average molecular weight is 277 g/mol. The SMILES string of the molecule is O=C(O)C1CCC(Nc2ncnc3sccc23)CC1. The van der Waals surface area contributed by atoms with Crippen molar-refractivity contribution >= 4 is 33.3 Å². The third kappa shape index (κ3) is 2.53. The van der Waals surface area contributed by atoms with E-state index in [1.807, 2.05) is 11.4 Å². The summed E-state index contributed by atoms with van der Waals surface area (Å²) >= 11 is 1.60. The fraction of sp³-hybridized carbons (Fsp3) is 0.462. The zero-order valence-corrected chi connectivity index (χ0v) is 11.2. The van der Waals surface area contributed by atoms with Crippen molar-refractivity contribution in [3.8, 4) is 0 Å². The van der Waals surface area contributed by atoms with Crippen LogP contribution in [-0.2, 0) is 4.79 Å². The maximum Gasteiger partial charge on any atom is 0.306 e. The van der Waals surface area contributed by atoms with Crippen molar-refractivity contribution in [2.75, 3.05) is 5.32 Å². The number of fused-ring (bicyclic) bond motifs is 1. The van der Waals surface area contributed by atoms with Crippen LogP contribution in [0.15, 0.2) is 17.8 Å². The molecule has 2 N–H and O–H groups in total. The molecule has 19 heavy (non-hydrogen) atoms. The number of thiophene rings is 1. The molecule has 0 atom stereocenters. The molecule has 5 nitrogen and oxygen atoms in total. The van der Waals surface area contributed by atoms with E-state index >= 15 is 0 Å². The number of aromatic nitrogens is 2. The van der Waals surface area contributed by atoms with Crippen LogP contribution in [0, 0.1) is 5.92 Å². The molecule has 2 aromatic rings. The topological polar surface area (TPSA) is 75.1 Å². The van der Waals surface area contributed by atoms with Gasteiger partial charge in [0.1, 0.15) is 17.0 Å². The molecule has 1 saturated carbocycles. The molecule has 0 saturated heterocycles. The number of carboxylic acids is 1. The molecule has 6 heteroatoms. The number of carbonyl (C=O) groups is 1. The van der Waals surface area contributed by atoms with E-state index in [1.54, 1.807) is 17.7 Å². The number of hydrogen-bond donors (Lipinski definition) is 2. The Morgan fingerprint density at radius 2 is 2.11 bits per heavy atom. The van der Waals surface area contributed by atoms with Gasteiger partial charge in [-0.3, -0.25) is 4.79 Å². The lowest BCUT2D eigenvalue weighted by atomic mass is 9.86. The van der Waals surface area contributed by atoms with Gasteiger partial charge in [-0.1, -0.05) is 0 Å². The van der Waals surface area contributed by atoms with Crippen LogP contribution in [0.3, 0.4) is 0 Å². The van der Waals surface area contributed by atoms with Crippen LogP contribution < -0.4 is 5.32 Å². The van der Waals surface area contributed by atoms with Gasteiger partial charge < -0.3 is 10.4 Å². The number of rotatable bonds is 3. The molecule has 0 radical (unpaired) electrons. The minimum atomic E-state index is -0.666. The molecule has 0 aromatic carbocycles. The number of nitrogens with zero attached hydrogens (tertiary/aromatic N) is 2. The molecule has 1 aliphatic carbocycles. The molecule has 0 amide bonds. The Morgan fingerprint density at radius 3 is 2.84 bits per heavy atom. The highest BCUT2D eigenvalue weighted by atomic mass is 32.1. The van der Waals surface area contributed by atoms with Gasteiger partial charge >= 0.3 is 5.97 Å². The summed E-state index contributed by atoms with van der Waals surface area (Å²) in [6, 6.07) is 2.33. The zero-order chi connectivity index (χ0) is 13.2. The Balaban J connectivity index is 1.69. The van der Waals surface area contributed by atoms with Crippen molar-refractivity contribution in [3.05, 3.63) is 17.8 Å². The summed E-state index contributed by atoms with van der Waals surface area (Å²) in [5.74, 6) is 0.0235. The van der Waals surface area contributed by atoms with Gasteiger partial charge in [0.15, 0.2) is 0 Å². The summed E-state index contributed by atoms with van der Waals surface area (Å²) in [6.07, 6.45) is 4.82. The highest BCUT2D eigenvalue weighted by molar-refractivity contribution is 7.16. The van der Waals surface area contributed by atoms with Gasteiger partial charge in [0.25, 0.3) is 0 Å². The van der Waals surface area contributed by atoms with Crippen molar-refractivity contribution in [2.24, 2.45) is 5.92 Å². The molecular weight excluding hydrogens is 262 g/mol. The lowest BCUT2D eigenvalue weighted by Crippen LogP contribution is -2.29. The number of anilines is 1. The predicted octanol–water partition coefficient (Wildman–Crippen LogP) is 2.75. The number of hydrogen-bond acceptors (Lipinski definition) is 5. The monoisotopic (exact) mass is 277 g/mol. The second-order valence-corrected chi connectivity index (χ2v) is 5.79. The molecule has 0 bridgehead atoms. The van der Waals surface area contributed by atoms with Crippen molar-refractivity contribution in [1.82, 2.24) is 9.97 Å². The minimum Gasteiger partial charge on any atom is -0.481 e. The number of nitrogens with one attached hydrogen (secondary N) is 1. The summed E-state index contributed by atoms with van der Waals surface area (Å²) in [6.45, 7) is 0. The molecule has 2 aromatic heterocycles. The predicted molar refractivity (Wildman–Crippen MR) is 74.4 cm³/mol. The van der Waals surface area contributed by atoms with Gasteiger partial charge in [-0.25, -0.2) is 9.97 Å². The van der Waals surface area contributed by atoms with Gasteiger partial charge in [0, 0.05) is 6.04 Å². The van der Waals surface area contributed by atoms with E-state index in [1.165, 1.54) is 0 Å². The number of aliphatic carboxylic acids is 1. The van der Waals surface area contributed by atoms with E-state index in [9.17, 15) is 4.79 Å². The Bertz CT molecular complexity index is 590. The second kappa shape index (κ2) is 5.13. The Morgan fingerprint density at radius 1 is 1.32 bits per heavy atom. The lowest BCUT2D eigenvalue weighted by Gasteiger charge is -2.27. The van der Waals surface area contributed by atoms with E-state index in [0.29, 0.717) is 6.04 Å². The molecule has 3 rings (SSSR count). The van der Waals surface area contributed by atoms with E-state index in [4.69, 9.17) is 5.11 Å². The van der Waals surface area contributed by atoms with E-state index in [-0.39, 0.29) is 5.92 Å². The Labute approximate surface area is 114 Å². The van der Waals surface area contributed by atoms with Gasteiger partial charge in [-0.2, -0.15) is 0 Å². The Hall–Kier alpha value is -1.69. The van der Waals surface area contributed by atoms with Crippen LogP contribution in [0.4, 0.5) is 5.82 Å². The van der Waals surface area contributed by atoms with Crippen LogP contribution >= 0.6 is 11.3 Å². The molecular formula is C13H15N3O2S. The van der Waals surface area contributed by atoms with Crippen molar-refractivity contribution in [1.29, 1.82) is 0 Å². The van der Waals surface area contributed by atoms with E-state index in [0.717, 1.165) is 41.7 Å². The highest BCUT2D eigenvalue weighted by Crippen LogP contribution is 2.29. The molecule has 0 spiro atoms. The van der Waals surface area contributed by atoms with Gasteiger partial charge in [0.2, 0.25) is 0 Å². The van der Waals surface area contributed by atoms with Crippen molar-refractivity contribution in [3.63, 3.8) is 0 Å². The van der Waals surface area contributed by atoms with Crippen LogP contribution in [0.5, 0.6) is 0 Å². The van der Waals surface area contributed by atoms with E-state index < -0.39 is 5.97 Å².